The lowest BCUT2D eigenvalue weighted by molar-refractivity contribution is 0.0967. The second-order valence-electron chi connectivity index (χ2n) is 3.39. The molecule has 0 fully saturated rings. The summed E-state index contributed by atoms with van der Waals surface area (Å²) in [5.41, 5.74) is 2.50. The second kappa shape index (κ2) is 3.18. The predicted molar refractivity (Wildman–Crippen MR) is 56.1 cm³/mol. The minimum absolute atomic E-state index is 0.0429. The first-order chi connectivity index (χ1) is 6.68. The zero-order valence-corrected chi connectivity index (χ0v) is 8.24. The fourth-order valence-electron chi connectivity index (χ4n) is 1.61. The zero-order valence-electron chi connectivity index (χ0n) is 8.24. The van der Waals surface area contributed by atoms with E-state index in [1.165, 1.54) is 0 Å². The fraction of sp³-hybridized carbons (Fsp3) is 0.182. The largest absolute Gasteiger partial charge is 0.349 e. The summed E-state index contributed by atoms with van der Waals surface area (Å²) in [6.07, 6.45) is 1.91. The van der Waals surface area contributed by atoms with Crippen LogP contribution in [0.1, 0.15) is 17.3 Å². The van der Waals surface area contributed by atoms with Crippen molar-refractivity contribution in [3.63, 3.8) is 0 Å². The number of hydrogen-bond donors (Lipinski definition) is 1. The second-order valence-corrected chi connectivity index (χ2v) is 3.39. The average Bonchev–Trinajstić information content (AvgIpc) is 2.26. The fourth-order valence-corrected chi connectivity index (χ4v) is 1.61. The van der Waals surface area contributed by atoms with E-state index in [0.29, 0.717) is 5.56 Å². The number of carbonyl (C=O) groups is 1. The molecule has 3 nitrogen and oxygen atoms in total. The van der Waals surface area contributed by atoms with Crippen molar-refractivity contribution in [1.82, 2.24) is 5.32 Å². The van der Waals surface area contributed by atoms with Crippen LogP contribution in [0.5, 0.6) is 0 Å². The van der Waals surface area contributed by atoms with E-state index in [9.17, 15) is 4.79 Å². The van der Waals surface area contributed by atoms with Crippen LogP contribution in [0, 0.1) is 0 Å². The van der Waals surface area contributed by atoms with Crippen molar-refractivity contribution in [2.75, 3.05) is 11.9 Å². The Balaban J connectivity index is 2.57. The molecule has 1 amide bonds. The Labute approximate surface area is 83.0 Å². The maximum absolute atomic E-state index is 11.7. The SMILES string of the molecule is CC1=CN(C)c2ccccc2C(=O)N1. The summed E-state index contributed by atoms with van der Waals surface area (Å²) >= 11 is 0. The zero-order chi connectivity index (χ0) is 10.1. The minimum atomic E-state index is -0.0429. The lowest BCUT2D eigenvalue weighted by atomic mass is 10.1. The van der Waals surface area contributed by atoms with Crippen LogP contribution in [0.25, 0.3) is 0 Å². The van der Waals surface area contributed by atoms with E-state index in [0.717, 1.165) is 11.4 Å². The van der Waals surface area contributed by atoms with Gasteiger partial charge >= 0.3 is 0 Å². The molecule has 0 spiro atoms. The molecule has 1 N–H and O–H groups in total. The highest BCUT2D eigenvalue weighted by atomic mass is 16.1. The average molecular weight is 188 g/mol. The van der Waals surface area contributed by atoms with Gasteiger partial charge < -0.3 is 10.2 Å². The third kappa shape index (κ3) is 1.37. The van der Waals surface area contributed by atoms with Crippen LogP contribution in [0.4, 0.5) is 5.69 Å². The van der Waals surface area contributed by atoms with Gasteiger partial charge in [0.25, 0.3) is 5.91 Å². The Morgan fingerprint density at radius 2 is 2.00 bits per heavy atom. The number of fused-ring (bicyclic) bond motifs is 1. The molecule has 1 aliphatic heterocycles. The number of benzene rings is 1. The van der Waals surface area contributed by atoms with Gasteiger partial charge in [-0.25, -0.2) is 0 Å². The highest BCUT2D eigenvalue weighted by Crippen LogP contribution is 2.22. The minimum Gasteiger partial charge on any atom is -0.349 e. The number of allylic oxidation sites excluding steroid dienone is 1. The molecule has 2 rings (SSSR count). The molecule has 0 bridgehead atoms. The highest BCUT2D eigenvalue weighted by molar-refractivity contribution is 6.01. The molecule has 0 atom stereocenters. The molecule has 1 aromatic carbocycles. The maximum atomic E-state index is 11.7. The van der Waals surface area contributed by atoms with E-state index < -0.39 is 0 Å². The van der Waals surface area contributed by atoms with Crippen molar-refractivity contribution >= 4 is 11.6 Å². The van der Waals surface area contributed by atoms with Gasteiger partial charge in [-0.15, -0.1) is 0 Å². The van der Waals surface area contributed by atoms with Gasteiger partial charge in [-0.2, -0.15) is 0 Å². The predicted octanol–water partition coefficient (Wildman–Crippen LogP) is 1.73. The monoisotopic (exact) mass is 188 g/mol. The molecule has 1 aliphatic rings. The number of para-hydroxylation sites is 1. The number of nitrogens with zero attached hydrogens (tertiary/aromatic N) is 1. The molecule has 0 unspecified atom stereocenters. The van der Waals surface area contributed by atoms with Crippen LogP contribution in [0.3, 0.4) is 0 Å². The van der Waals surface area contributed by atoms with Crippen LogP contribution in [0.15, 0.2) is 36.2 Å². The summed E-state index contributed by atoms with van der Waals surface area (Å²) < 4.78 is 0. The van der Waals surface area contributed by atoms with E-state index in [4.69, 9.17) is 0 Å². The number of amides is 1. The topological polar surface area (TPSA) is 32.3 Å². The Morgan fingerprint density at radius 3 is 2.79 bits per heavy atom. The summed E-state index contributed by atoms with van der Waals surface area (Å²) in [4.78, 5) is 13.6. The van der Waals surface area contributed by atoms with Crippen LogP contribution < -0.4 is 10.2 Å². The van der Waals surface area contributed by atoms with Gasteiger partial charge in [-0.1, -0.05) is 12.1 Å². The van der Waals surface area contributed by atoms with E-state index in [2.05, 4.69) is 5.32 Å². The van der Waals surface area contributed by atoms with E-state index in [-0.39, 0.29) is 5.91 Å². The molecule has 14 heavy (non-hydrogen) atoms. The van der Waals surface area contributed by atoms with Gasteiger partial charge in [0, 0.05) is 18.9 Å². The smallest absolute Gasteiger partial charge is 0.257 e. The van der Waals surface area contributed by atoms with Gasteiger partial charge in [0.1, 0.15) is 0 Å². The number of anilines is 1. The van der Waals surface area contributed by atoms with Crippen LogP contribution in [0.2, 0.25) is 0 Å². The van der Waals surface area contributed by atoms with Gasteiger partial charge in [0.05, 0.1) is 11.3 Å². The number of hydrogen-bond acceptors (Lipinski definition) is 2. The highest BCUT2D eigenvalue weighted by Gasteiger charge is 2.16. The van der Waals surface area contributed by atoms with E-state index in [1.807, 2.05) is 49.3 Å². The summed E-state index contributed by atoms with van der Waals surface area (Å²) in [5, 5.41) is 2.81. The van der Waals surface area contributed by atoms with Gasteiger partial charge in [0.15, 0.2) is 0 Å². The molecular weight excluding hydrogens is 176 g/mol. The van der Waals surface area contributed by atoms with Crippen molar-refractivity contribution in [3.05, 3.63) is 41.7 Å². The summed E-state index contributed by atoms with van der Waals surface area (Å²) in [7, 11) is 1.93. The van der Waals surface area contributed by atoms with Gasteiger partial charge in [-0.3, -0.25) is 4.79 Å². The van der Waals surface area contributed by atoms with Crippen molar-refractivity contribution in [3.8, 4) is 0 Å². The third-order valence-corrected chi connectivity index (χ3v) is 2.23. The molecule has 0 saturated heterocycles. The lowest BCUT2D eigenvalue weighted by Crippen LogP contribution is -2.19. The normalized spacial score (nSPS) is 15.4. The molecule has 0 aromatic heterocycles. The molecule has 3 heteroatoms. The Bertz CT molecular complexity index is 410. The van der Waals surface area contributed by atoms with Crippen molar-refractivity contribution in [1.29, 1.82) is 0 Å². The van der Waals surface area contributed by atoms with Gasteiger partial charge in [0.2, 0.25) is 0 Å². The standard InChI is InChI=1S/C11H12N2O/c1-8-7-13(2)10-6-4-3-5-9(10)11(14)12-8/h3-7H,1-2H3,(H,12,14). The van der Waals surface area contributed by atoms with Crippen LogP contribution in [-0.4, -0.2) is 13.0 Å². The molecule has 72 valence electrons. The van der Waals surface area contributed by atoms with Crippen LogP contribution in [-0.2, 0) is 0 Å². The maximum Gasteiger partial charge on any atom is 0.257 e. The van der Waals surface area contributed by atoms with Crippen molar-refractivity contribution < 1.29 is 4.79 Å². The van der Waals surface area contributed by atoms with Crippen LogP contribution >= 0.6 is 0 Å². The summed E-state index contributed by atoms with van der Waals surface area (Å²) in [6, 6.07) is 7.56. The lowest BCUT2D eigenvalue weighted by Gasteiger charge is -2.14. The van der Waals surface area contributed by atoms with Gasteiger partial charge in [-0.05, 0) is 19.1 Å². The Hall–Kier alpha value is -1.77. The molecule has 1 heterocycles. The number of nitrogens with one attached hydrogen (secondary N) is 1. The first kappa shape index (κ1) is 8.81. The van der Waals surface area contributed by atoms with E-state index in [1.54, 1.807) is 0 Å². The quantitative estimate of drug-likeness (QED) is 0.672. The molecule has 1 aromatic rings. The summed E-state index contributed by atoms with van der Waals surface area (Å²) in [6.45, 7) is 1.88. The number of carbonyl (C=O) groups excluding carboxylic acids is 1. The Kier molecular flexibility index (Phi) is 2.00. The third-order valence-electron chi connectivity index (χ3n) is 2.23. The molecule has 0 radical (unpaired) electrons. The van der Waals surface area contributed by atoms with Crippen molar-refractivity contribution in [2.24, 2.45) is 0 Å². The Morgan fingerprint density at radius 1 is 1.29 bits per heavy atom. The van der Waals surface area contributed by atoms with E-state index >= 15 is 0 Å². The number of rotatable bonds is 0. The first-order valence-electron chi connectivity index (χ1n) is 4.50. The first-order valence-corrected chi connectivity index (χ1v) is 4.50. The van der Waals surface area contributed by atoms with Crippen molar-refractivity contribution in [2.45, 2.75) is 6.92 Å². The molecular formula is C11H12N2O. The summed E-state index contributed by atoms with van der Waals surface area (Å²) in [5.74, 6) is -0.0429. The molecule has 0 aliphatic carbocycles. The molecule has 0 saturated carbocycles.